The van der Waals surface area contributed by atoms with Gasteiger partial charge in [-0.2, -0.15) is 0 Å². The number of rotatable bonds is 9. The van der Waals surface area contributed by atoms with Crippen molar-refractivity contribution in [2.45, 2.75) is 127 Å². The lowest BCUT2D eigenvalue weighted by Gasteiger charge is -2.14. The minimum Gasteiger partial charge on any atom is -0.392 e. The van der Waals surface area contributed by atoms with Crippen LogP contribution in [0.5, 0.6) is 0 Å². The zero-order valence-electron chi connectivity index (χ0n) is 43.9. The van der Waals surface area contributed by atoms with Crippen LogP contribution < -0.4 is 5.73 Å². The Kier molecular flexibility index (Phi) is 20.0. The molecule has 6 aliphatic rings. The molecule has 13 rings (SSSR count). The number of fused-ring (bicyclic) bond motifs is 4. The van der Waals surface area contributed by atoms with Crippen molar-refractivity contribution in [3.05, 3.63) is 157 Å². The molecule has 0 bridgehead atoms. The predicted molar refractivity (Wildman–Crippen MR) is 310 cm³/mol. The van der Waals surface area contributed by atoms with Crippen LogP contribution in [0.2, 0.25) is 0 Å². The first-order valence-electron chi connectivity index (χ1n) is 26.7. The average molecular weight is 1130 g/mol. The van der Waals surface area contributed by atoms with E-state index in [1.807, 2.05) is 60.7 Å². The number of aliphatic hydroxyl groups excluding tert-OH is 4. The number of aromatic nitrogens is 3. The van der Waals surface area contributed by atoms with Gasteiger partial charge in [0.1, 0.15) is 32.4 Å². The van der Waals surface area contributed by atoms with E-state index in [1.165, 1.54) is 5.56 Å². The number of carbonyl (C=O) groups is 2. The van der Waals surface area contributed by atoms with E-state index in [1.54, 1.807) is 46.1 Å². The zero-order valence-corrected chi connectivity index (χ0v) is 47.2. The van der Waals surface area contributed by atoms with E-state index >= 15 is 0 Å². The number of carbonyl (C=O) groups excluding carboxylic acids is 2. The lowest BCUT2D eigenvalue weighted by molar-refractivity contribution is -0.120. The maximum Gasteiger partial charge on any atom is 0.184 e. The molecule has 1 saturated carbocycles. The van der Waals surface area contributed by atoms with Gasteiger partial charge in [-0.3, -0.25) is 9.59 Å². The van der Waals surface area contributed by atoms with Gasteiger partial charge in [0.25, 0.3) is 0 Å². The smallest absolute Gasteiger partial charge is 0.184 e. The third-order valence-corrected chi connectivity index (χ3v) is 18.0. The second-order valence-electron chi connectivity index (χ2n) is 20.3. The zero-order chi connectivity index (χ0) is 54.7. The van der Waals surface area contributed by atoms with Crippen molar-refractivity contribution in [1.82, 2.24) is 19.9 Å². The van der Waals surface area contributed by atoms with Crippen molar-refractivity contribution in [3.8, 4) is 31.7 Å². The van der Waals surface area contributed by atoms with Crippen molar-refractivity contribution in [3.63, 3.8) is 0 Å². The molecule has 5 atom stereocenters. The minimum atomic E-state index is -0.353. The third kappa shape index (κ3) is 14.9. The Morgan fingerprint density at radius 2 is 1.08 bits per heavy atom. The topological polar surface area (TPSA) is 214 Å². The summed E-state index contributed by atoms with van der Waals surface area (Å²) in [6, 6.07) is 31.3. The fourth-order valence-electron chi connectivity index (χ4n) is 9.76. The molecule has 5 unspecified atom stereocenters. The number of aliphatic hydroxyl groups is 4. The Balaban J connectivity index is 0.000000121. The first-order chi connectivity index (χ1) is 37.8. The summed E-state index contributed by atoms with van der Waals surface area (Å²) in [6.45, 7) is 2.32. The van der Waals surface area contributed by atoms with Crippen LogP contribution in [0.1, 0.15) is 147 Å². The fraction of sp³-hybridized carbons (Fsp3) is 0.400. The molecule has 0 radical (unpaired) electrons. The van der Waals surface area contributed by atoms with Crippen LogP contribution in [-0.2, 0) is 51.4 Å². The number of hydrogen-bond donors (Lipinski definition) is 5. The lowest BCUT2D eigenvalue weighted by Crippen LogP contribution is -2.14. The third-order valence-electron chi connectivity index (χ3n) is 14.0. The van der Waals surface area contributed by atoms with Crippen LogP contribution in [-0.4, -0.2) is 96.9 Å². The summed E-state index contributed by atoms with van der Waals surface area (Å²) in [5.74, 6) is 0.321. The summed E-state index contributed by atoms with van der Waals surface area (Å²) in [4.78, 5) is 40.9. The van der Waals surface area contributed by atoms with Crippen molar-refractivity contribution in [2.24, 2.45) is 5.73 Å². The van der Waals surface area contributed by atoms with Gasteiger partial charge < -0.3 is 45.3 Å². The van der Waals surface area contributed by atoms with E-state index in [0.29, 0.717) is 35.7 Å². The highest BCUT2D eigenvalue weighted by Crippen LogP contribution is 2.41. The standard InChI is InChI=1S/C16H20N2OS.C14H15NO2S.C14H13NO2S.C10H11NO2S.C6H8O2/c1-18(2)10-11-6-8-12(9-7-11)16-17-13-4-3-5-14(19)15(13)20-16;2*16-8-9-4-6-10(7-5-9)14-15-11-2-1-3-12(17)13(11)18-14;11-9(14)7-1-3-8(4-2-7)10-12-5-6-13-10;7-4-2-1-3-5-6(4)8-5/h6-9,14,19H,3-5,10H2,1-2H3;4-7,12,16-17H,1-3,8H2;4-8,12,17H,1-3H2;1-4,10H,5-6H2,(H2,11,14);5-6H,1-3H2. The molecular weight excluding hydrogens is 1060 g/mol. The van der Waals surface area contributed by atoms with Gasteiger partial charge >= 0.3 is 0 Å². The number of ether oxygens (including phenoxy) is 3. The van der Waals surface area contributed by atoms with Gasteiger partial charge in [0, 0.05) is 46.3 Å². The van der Waals surface area contributed by atoms with Gasteiger partial charge in [-0.25, -0.2) is 15.0 Å². The SMILES string of the molecule is CN(C)Cc1ccc(-c2nc3c(s2)C(O)CCC3)cc1.NC(=S)c1ccc(C2OCCO2)cc1.O=C1CCCC2OC12.O=Cc1ccc(-c2nc3c(s2)C(O)CCC3)cc1.OCc1ccc(-c2nc3c(s2)C(O)CCC3)cc1. The Morgan fingerprint density at radius 3 is 1.46 bits per heavy atom. The van der Waals surface area contributed by atoms with Crippen LogP contribution in [0.4, 0.5) is 0 Å². The summed E-state index contributed by atoms with van der Waals surface area (Å²) in [6.07, 6.45) is 11.4. The van der Waals surface area contributed by atoms with Gasteiger partial charge in [-0.05, 0) is 95.9 Å². The number of aldehydes is 1. The van der Waals surface area contributed by atoms with E-state index in [0.717, 1.165) is 170 Å². The molecule has 3 aromatic heterocycles. The molecule has 78 heavy (non-hydrogen) atoms. The second-order valence-corrected chi connectivity index (χ2v) is 23.8. The van der Waals surface area contributed by atoms with Crippen LogP contribution in [0.3, 0.4) is 0 Å². The number of benzene rings is 4. The molecule has 0 amide bonds. The van der Waals surface area contributed by atoms with Gasteiger partial charge in [0.2, 0.25) is 0 Å². The highest BCUT2D eigenvalue weighted by Gasteiger charge is 2.46. The molecule has 4 aliphatic carbocycles. The molecule has 18 heteroatoms. The Morgan fingerprint density at radius 1 is 0.641 bits per heavy atom. The van der Waals surface area contributed by atoms with Gasteiger partial charge in [0.05, 0.1) is 75.9 Å². The lowest BCUT2D eigenvalue weighted by atomic mass is 10.00. The van der Waals surface area contributed by atoms with Crippen molar-refractivity contribution >= 4 is 63.3 Å². The first kappa shape index (κ1) is 57.4. The number of epoxide rings is 1. The summed E-state index contributed by atoms with van der Waals surface area (Å²) >= 11 is 9.65. The molecule has 3 fully saturated rings. The number of aryl methyl sites for hydroxylation is 3. The van der Waals surface area contributed by atoms with Crippen molar-refractivity contribution < 1.29 is 44.2 Å². The fourth-order valence-corrected chi connectivity index (χ4v) is 13.3. The molecular formula is C60H67N5O9S4. The Labute approximate surface area is 472 Å². The predicted octanol–water partition coefficient (Wildman–Crippen LogP) is 10.8. The Bertz CT molecular complexity index is 3100. The maximum absolute atomic E-state index is 10.7. The quantitative estimate of drug-likeness (QED) is 0.0517. The van der Waals surface area contributed by atoms with Gasteiger partial charge in [0.15, 0.2) is 12.1 Å². The van der Waals surface area contributed by atoms with Crippen LogP contribution >= 0.6 is 46.2 Å². The number of thiazole rings is 3. The molecule has 2 saturated heterocycles. The molecule has 410 valence electrons. The molecule has 7 aromatic rings. The average Bonchev–Trinajstić information content (AvgIpc) is 3.98. The summed E-state index contributed by atoms with van der Waals surface area (Å²) < 4.78 is 15.7. The van der Waals surface area contributed by atoms with Crippen LogP contribution in [0.25, 0.3) is 31.7 Å². The number of nitrogens with zero attached hydrogens (tertiary/aromatic N) is 4. The first-order valence-corrected chi connectivity index (χ1v) is 29.5. The molecule has 6 N–H and O–H groups in total. The summed E-state index contributed by atoms with van der Waals surface area (Å²) in [7, 11) is 4.15. The molecule has 4 aromatic carbocycles. The molecule has 14 nitrogen and oxygen atoms in total. The molecule has 0 spiro atoms. The molecule has 5 heterocycles. The van der Waals surface area contributed by atoms with E-state index < -0.39 is 0 Å². The van der Waals surface area contributed by atoms with Gasteiger partial charge in [-0.1, -0.05) is 109 Å². The maximum atomic E-state index is 10.7. The van der Waals surface area contributed by atoms with Crippen LogP contribution in [0, 0.1) is 0 Å². The Hall–Kier alpha value is -5.32. The highest BCUT2D eigenvalue weighted by molar-refractivity contribution is 7.80. The highest BCUT2D eigenvalue weighted by atomic mass is 32.1. The van der Waals surface area contributed by atoms with E-state index in [2.05, 4.69) is 53.2 Å². The number of hydrogen-bond acceptors (Lipinski definition) is 17. The number of thiocarbonyl (C=S) groups is 1. The summed E-state index contributed by atoms with van der Waals surface area (Å²) in [5, 5.41) is 41.8. The van der Waals surface area contributed by atoms with E-state index in [4.69, 9.17) is 42.3 Å². The van der Waals surface area contributed by atoms with E-state index in [9.17, 15) is 24.9 Å². The van der Waals surface area contributed by atoms with Crippen molar-refractivity contribution in [2.75, 3.05) is 27.3 Å². The number of nitrogens with two attached hydrogens (primary N) is 1. The largest absolute Gasteiger partial charge is 0.392 e. The van der Waals surface area contributed by atoms with Crippen LogP contribution in [0.15, 0.2) is 97.1 Å². The normalized spacial score (nSPS) is 20.8. The number of ketones is 1. The second kappa shape index (κ2) is 27.2. The monoisotopic (exact) mass is 1130 g/mol. The number of Topliss-reactive ketones (excluding diaryl/α,β-unsaturated/α-hetero) is 1. The van der Waals surface area contributed by atoms with Gasteiger partial charge in [-0.15, -0.1) is 34.0 Å². The summed E-state index contributed by atoms with van der Waals surface area (Å²) in [5.41, 5.74) is 16.6. The van der Waals surface area contributed by atoms with Crippen molar-refractivity contribution in [1.29, 1.82) is 0 Å². The minimum absolute atomic E-state index is 0.0312. The van der Waals surface area contributed by atoms with E-state index in [-0.39, 0.29) is 37.3 Å². The molecule has 2 aliphatic heterocycles.